The molecule has 0 spiro atoms. The molecule has 326 valence electrons. The number of pyridine rings is 2. The molecule has 0 unspecified atom stereocenters. The number of hydrogen-bond donors (Lipinski definition) is 0. The van der Waals surface area contributed by atoms with Crippen molar-refractivity contribution in [1.29, 1.82) is 0 Å². The van der Waals surface area contributed by atoms with Crippen LogP contribution in [0, 0.1) is 0 Å². The number of benzene rings is 7. The molecule has 69 heavy (non-hydrogen) atoms. The van der Waals surface area contributed by atoms with E-state index in [2.05, 4.69) is 184 Å². The third-order valence-corrected chi connectivity index (χ3v) is 12.9. The molecule has 1 aliphatic rings. The summed E-state index contributed by atoms with van der Waals surface area (Å²) in [5, 5.41) is 0. The molecule has 5 aromatic heterocycles. The third-order valence-electron chi connectivity index (χ3n) is 12.9. The molecule has 9 heteroatoms. The average Bonchev–Trinajstić information content (AvgIpc) is 4.14. The third kappa shape index (κ3) is 6.95. The second-order valence-electron chi connectivity index (χ2n) is 17.1. The second kappa shape index (κ2) is 16.8. The van der Waals surface area contributed by atoms with Crippen molar-refractivity contribution in [1.82, 2.24) is 38.6 Å². The lowest BCUT2D eigenvalue weighted by Crippen LogP contribution is -2.04. The first-order valence-corrected chi connectivity index (χ1v) is 23.2. The molecule has 6 heterocycles. The van der Waals surface area contributed by atoms with Gasteiger partial charge >= 0.3 is 0 Å². The summed E-state index contributed by atoms with van der Waals surface area (Å²) in [6, 6.07) is 71.6. The van der Waals surface area contributed by atoms with Gasteiger partial charge in [-0.25, -0.2) is 29.9 Å². The van der Waals surface area contributed by atoms with Gasteiger partial charge in [-0.2, -0.15) is 0 Å². The molecule has 0 radical (unpaired) electrons. The Morgan fingerprint density at radius 2 is 0.739 bits per heavy atom. The Kier molecular flexibility index (Phi) is 9.75. The van der Waals surface area contributed by atoms with Crippen LogP contribution in [0.3, 0.4) is 0 Å². The molecule has 0 saturated carbocycles. The Hall–Kier alpha value is -9.34. The Bertz CT molecular complexity index is 3720. The van der Waals surface area contributed by atoms with Gasteiger partial charge in [-0.05, 0) is 90.2 Å². The van der Waals surface area contributed by atoms with Gasteiger partial charge in [0.2, 0.25) is 0 Å². The van der Waals surface area contributed by atoms with Crippen molar-refractivity contribution in [3.63, 3.8) is 0 Å². The monoisotopic (exact) mass is 887 g/mol. The van der Waals surface area contributed by atoms with Crippen molar-refractivity contribution in [2.24, 2.45) is 4.99 Å². The first-order valence-electron chi connectivity index (χ1n) is 23.2. The van der Waals surface area contributed by atoms with Crippen LogP contribution in [0.2, 0.25) is 0 Å². The van der Waals surface area contributed by atoms with Crippen LogP contribution in [0.25, 0.3) is 107 Å². The maximum atomic E-state index is 5.53. The average molecular weight is 888 g/mol. The van der Waals surface area contributed by atoms with Gasteiger partial charge in [-0.3, -0.25) is 13.7 Å². The minimum atomic E-state index is 0.728. The molecule has 12 aromatic rings. The number of aromatic nitrogens is 8. The highest BCUT2D eigenvalue weighted by molar-refractivity contribution is 5.90. The highest BCUT2D eigenvalue weighted by Crippen LogP contribution is 2.43. The number of para-hydroxylation sites is 3. The van der Waals surface area contributed by atoms with Gasteiger partial charge in [0.15, 0.2) is 17.1 Å². The molecule has 0 atom stereocenters. The molecule has 0 amide bonds. The van der Waals surface area contributed by atoms with Crippen LogP contribution in [-0.2, 0) is 6.42 Å². The van der Waals surface area contributed by atoms with Gasteiger partial charge in [-0.1, -0.05) is 146 Å². The number of fused-ring (bicyclic) bond motifs is 3. The normalized spacial score (nSPS) is 12.2. The highest BCUT2D eigenvalue weighted by Gasteiger charge is 2.27. The van der Waals surface area contributed by atoms with Crippen LogP contribution < -0.4 is 0 Å². The van der Waals surface area contributed by atoms with Crippen LogP contribution in [0.15, 0.2) is 224 Å². The summed E-state index contributed by atoms with van der Waals surface area (Å²) >= 11 is 0. The summed E-state index contributed by atoms with van der Waals surface area (Å²) in [5.41, 5.74) is 16.0. The lowest BCUT2D eigenvalue weighted by molar-refractivity contribution is 0.971. The van der Waals surface area contributed by atoms with Crippen LogP contribution in [-0.4, -0.2) is 44.8 Å². The number of hydrogen-bond acceptors (Lipinski definition) is 6. The van der Waals surface area contributed by atoms with E-state index in [9.17, 15) is 0 Å². The minimum Gasteiger partial charge on any atom is -0.276 e. The largest absolute Gasteiger partial charge is 0.276 e. The van der Waals surface area contributed by atoms with E-state index in [0.717, 1.165) is 131 Å². The minimum absolute atomic E-state index is 0.728. The predicted molar refractivity (Wildman–Crippen MR) is 277 cm³/mol. The predicted octanol–water partition coefficient (Wildman–Crippen LogP) is 14.0. The van der Waals surface area contributed by atoms with Crippen LogP contribution in [0.4, 0.5) is 5.82 Å². The molecule has 9 nitrogen and oxygen atoms in total. The summed E-state index contributed by atoms with van der Waals surface area (Å²) in [7, 11) is 0. The van der Waals surface area contributed by atoms with Crippen LogP contribution in [0.1, 0.15) is 12.1 Å². The molecule has 0 aliphatic carbocycles. The van der Waals surface area contributed by atoms with Crippen molar-refractivity contribution >= 4 is 34.4 Å². The fourth-order valence-corrected chi connectivity index (χ4v) is 9.81. The molecular weight excluding hydrogens is 847 g/mol. The topological polar surface area (TPSA) is 91.6 Å². The number of nitrogens with zero attached hydrogens (tertiary/aromatic N) is 9. The van der Waals surface area contributed by atoms with Crippen molar-refractivity contribution < 1.29 is 0 Å². The maximum Gasteiger partial charge on any atom is 0.164 e. The van der Waals surface area contributed by atoms with E-state index in [4.69, 9.17) is 29.9 Å². The molecule has 1 aliphatic heterocycles. The van der Waals surface area contributed by atoms with Crippen molar-refractivity contribution in [2.45, 2.75) is 12.8 Å². The maximum absolute atomic E-state index is 5.53. The zero-order valence-electron chi connectivity index (χ0n) is 37.3. The number of imidazole rings is 3. The lowest BCUT2D eigenvalue weighted by Gasteiger charge is -2.18. The van der Waals surface area contributed by atoms with E-state index in [-0.39, 0.29) is 0 Å². The Morgan fingerprint density at radius 1 is 0.348 bits per heavy atom. The Morgan fingerprint density at radius 3 is 1.19 bits per heavy atom. The van der Waals surface area contributed by atoms with Gasteiger partial charge in [-0.15, -0.1) is 0 Å². The van der Waals surface area contributed by atoms with E-state index in [1.54, 1.807) is 0 Å². The zero-order valence-corrected chi connectivity index (χ0v) is 37.3. The fourth-order valence-electron chi connectivity index (χ4n) is 9.81. The summed E-state index contributed by atoms with van der Waals surface area (Å²) in [6.45, 7) is 0. The highest BCUT2D eigenvalue weighted by atomic mass is 15.2. The zero-order chi connectivity index (χ0) is 45.7. The summed E-state index contributed by atoms with van der Waals surface area (Å²) in [6.07, 6.45) is 7.27. The molecular formula is C60H41N9. The SMILES string of the molecule is C1=Nc2c(nc(-c3cc(-c4nc5cccnc5n4-c4ccccc4-c4ccccc4)cc(-c4nc5cccnc5n4-c4ccccc4-c4ccccc4)c3)n2-c2ccccc2-c2ccccc2)CC1. The number of rotatable bonds is 9. The van der Waals surface area contributed by atoms with Crippen LogP contribution >= 0.6 is 0 Å². The first-order chi connectivity index (χ1) is 34.2. The molecule has 0 saturated heterocycles. The quantitative estimate of drug-likeness (QED) is 0.144. The van der Waals surface area contributed by atoms with Gasteiger partial charge in [0, 0.05) is 52.0 Å². The number of aryl methyl sites for hydroxylation is 1. The summed E-state index contributed by atoms with van der Waals surface area (Å²) in [4.78, 5) is 31.5. The smallest absolute Gasteiger partial charge is 0.164 e. The molecule has 0 bridgehead atoms. The van der Waals surface area contributed by atoms with E-state index >= 15 is 0 Å². The van der Waals surface area contributed by atoms with E-state index in [1.807, 2.05) is 55.0 Å². The second-order valence-corrected chi connectivity index (χ2v) is 17.1. The molecule has 0 fully saturated rings. The van der Waals surface area contributed by atoms with E-state index < -0.39 is 0 Å². The van der Waals surface area contributed by atoms with Crippen LogP contribution in [0.5, 0.6) is 0 Å². The first kappa shape index (κ1) is 40.0. The van der Waals surface area contributed by atoms with Crippen molar-refractivity contribution in [3.05, 3.63) is 224 Å². The van der Waals surface area contributed by atoms with Gasteiger partial charge in [0.05, 0.1) is 22.8 Å². The molecule has 13 rings (SSSR count). The van der Waals surface area contributed by atoms with Gasteiger partial charge in [0.25, 0.3) is 0 Å². The van der Waals surface area contributed by atoms with Crippen molar-refractivity contribution in [3.8, 4) is 84.6 Å². The van der Waals surface area contributed by atoms with Gasteiger partial charge < -0.3 is 0 Å². The Balaban J connectivity index is 1.13. The lowest BCUT2D eigenvalue weighted by atomic mass is 10.0. The molecule has 0 N–H and O–H groups in total. The Labute approximate surface area is 398 Å². The van der Waals surface area contributed by atoms with Gasteiger partial charge in [0.1, 0.15) is 28.5 Å². The summed E-state index contributed by atoms with van der Waals surface area (Å²) in [5.74, 6) is 3.05. The fraction of sp³-hybridized carbons (Fsp3) is 0.0333. The standard InChI is InChI=1S/C60H41N9/c1-4-19-40(20-5-1)46-25-10-13-31-52(46)67-55(64-49-28-16-34-61-58(49)67)43-37-44(56-65-50-29-17-35-62-59(50)68(56)53-32-14-11-26-47(53)41-21-6-2-7-22-41)39-45(38-43)57-66-51-30-18-36-63-60(51)69(57)54-33-15-12-27-48(54)42-23-8-3-9-24-42/h1-17,19-29,31-39H,18,30H2. The van der Waals surface area contributed by atoms with Crippen molar-refractivity contribution in [2.75, 3.05) is 0 Å². The van der Waals surface area contributed by atoms with E-state index in [1.165, 1.54) is 0 Å². The number of aliphatic imine (C=N–C) groups is 1. The molecule has 7 aromatic carbocycles. The van der Waals surface area contributed by atoms with E-state index in [0.29, 0.717) is 0 Å². The summed E-state index contributed by atoms with van der Waals surface area (Å²) < 4.78 is 6.63.